The molecule has 0 fully saturated rings. The van der Waals surface area contributed by atoms with Crippen molar-refractivity contribution in [1.29, 1.82) is 0 Å². The molecule has 0 aliphatic heterocycles. The molecule has 0 bridgehead atoms. The zero-order valence-corrected chi connectivity index (χ0v) is 22.3. The zero-order chi connectivity index (χ0) is 19.6. The molecule has 0 atom stereocenters. The SMILES string of the molecule is Cc1sc(C[P+](c2ccccc2)(c2ccccc2)c2ccccc2)c(Br)c1Br.[Br-]. The predicted octanol–water partition coefficient (Wildman–Crippen LogP) is 4.08. The lowest BCUT2D eigenvalue weighted by Gasteiger charge is -2.27. The van der Waals surface area contributed by atoms with E-state index in [-0.39, 0.29) is 17.0 Å². The van der Waals surface area contributed by atoms with Crippen LogP contribution in [-0.4, -0.2) is 0 Å². The summed E-state index contributed by atoms with van der Waals surface area (Å²) < 4.78 is 2.38. The van der Waals surface area contributed by atoms with Crippen molar-refractivity contribution in [2.24, 2.45) is 0 Å². The Labute approximate surface area is 204 Å². The summed E-state index contributed by atoms with van der Waals surface area (Å²) in [6.45, 7) is 2.18. The van der Waals surface area contributed by atoms with Crippen molar-refractivity contribution in [2.45, 2.75) is 13.1 Å². The van der Waals surface area contributed by atoms with E-state index in [0.717, 1.165) is 6.16 Å². The smallest absolute Gasteiger partial charge is 0.117 e. The van der Waals surface area contributed by atoms with Gasteiger partial charge in [0.15, 0.2) is 0 Å². The topological polar surface area (TPSA) is 0 Å². The second-order valence-corrected chi connectivity index (χ2v) is 13.1. The van der Waals surface area contributed by atoms with Crippen LogP contribution in [0, 0.1) is 6.92 Å². The molecular weight excluding hydrogens is 591 g/mol. The van der Waals surface area contributed by atoms with Crippen LogP contribution in [0.1, 0.15) is 9.75 Å². The van der Waals surface area contributed by atoms with Crippen molar-refractivity contribution in [2.75, 3.05) is 0 Å². The number of thiophene rings is 1. The van der Waals surface area contributed by atoms with Gasteiger partial charge in [-0.3, -0.25) is 0 Å². The van der Waals surface area contributed by atoms with Crippen LogP contribution in [0.4, 0.5) is 0 Å². The third-order valence-corrected chi connectivity index (χ3v) is 13.6. The largest absolute Gasteiger partial charge is 1.00 e. The highest BCUT2D eigenvalue weighted by Gasteiger charge is 2.46. The summed E-state index contributed by atoms with van der Waals surface area (Å²) in [5, 5.41) is 4.25. The highest BCUT2D eigenvalue weighted by atomic mass is 79.9. The molecule has 0 aliphatic carbocycles. The van der Waals surface area contributed by atoms with E-state index in [2.05, 4.69) is 130 Å². The van der Waals surface area contributed by atoms with E-state index < -0.39 is 7.26 Å². The highest BCUT2D eigenvalue weighted by Crippen LogP contribution is 2.60. The summed E-state index contributed by atoms with van der Waals surface area (Å²) in [5.74, 6) is 0. The maximum atomic E-state index is 3.85. The van der Waals surface area contributed by atoms with Crippen LogP contribution >= 0.6 is 50.5 Å². The fourth-order valence-corrected chi connectivity index (χ4v) is 10.9. The Hall–Kier alpha value is -0.770. The fourth-order valence-electron chi connectivity index (χ4n) is 3.64. The molecule has 0 radical (unpaired) electrons. The van der Waals surface area contributed by atoms with E-state index in [1.165, 1.54) is 34.6 Å². The lowest BCUT2D eigenvalue weighted by molar-refractivity contribution is -0.00000517. The number of aryl methyl sites for hydroxylation is 1. The minimum absolute atomic E-state index is 0. The Balaban J connectivity index is 0.00000240. The molecule has 1 aromatic heterocycles. The van der Waals surface area contributed by atoms with Gasteiger partial charge in [0, 0.05) is 13.8 Å². The van der Waals surface area contributed by atoms with Gasteiger partial charge in [-0.1, -0.05) is 54.6 Å². The summed E-state index contributed by atoms with van der Waals surface area (Å²) >= 11 is 9.49. The summed E-state index contributed by atoms with van der Waals surface area (Å²) in [5.41, 5.74) is 0. The Kier molecular flexibility index (Phi) is 7.92. The lowest BCUT2D eigenvalue weighted by Crippen LogP contribution is -3.00. The average Bonchev–Trinajstić information content (AvgIpc) is 3.00. The average molecular weight is 611 g/mol. The van der Waals surface area contributed by atoms with Crippen molar-refractivity contribution in [3.63, 3.8) is 0 Å². The van der Waals surface area contributed by atoms with Gasteiger partial charge >= 0.3 is 0 Å². The van der Waals surface area contributed by atoms with Crippen LogP contribution in [0.2, 0.25) is 0 Å². The van der Waals surface area contributed by atoms with Crippen LogP contribution in [0.5, 0.6) is 0 Å². The molecule has 0 unspecified atom stereocenters. The van der Waals surface area contributed by atoms with Gasteiger partial charge in [0.1, 0.15) is 29.3 Å². The molecular formula is C24H20Br3PS. The van der Waals surface area contributed by atoms with Gasteiger partial charge in [0.2, 0.25) is 0 Å². The van der Waals surface area contributed by atoms with E-state index in [1.807, 2.05) is 11.3 Å². The van der Waals surface area contributed by atoms with Crippen molar-refractivity contribution >= 4 is 66.4 Å². The maximum Gasteiger partial charge on any atom is 0.117 e. The summed E-state index contributed by atoms with van der Waals surface area (Å²) in [6, 6.07) is 33.1. The Bertz CT molecular complexity index is 967. The van der Waals surface area contributed by atoms with Crippen LogP contribution in [-0.2, 0) is 6.16 Å². The minimum Gasteiger partial charge on any atom is -1.00 e. The van der Waals surface area contributed by atoms with E-state index in [9.17, 15) is 0 Å². The molecule has 29 heavy (non-hydrogen) atoms. The van der Waals surface area contributed by atoms with Crippen molar-refractivity contribution in [1.82, 2.24) is 0 Å². The minimum atomic E-state index is -1.85. The number of hydrogen-bond acceptors (Lipinski definition) is 1. The predicted molar refractivity (Wildman–Crippen MR) is 133 cm³/mol. The highest BCUT2D eigenvalue weighted by molar-refractivity contribution is 9.13. The number of hydrogen-bond donors (Lipinski definition) is 0. The number of rotatable bonds is 5. The van der Waals surface area contributed by atoms with Crippen molar-refractivity contribution < 1.29 is 17.0 Å². The zero-order valence-electron chi connectivity index (χ0n) is 15.9. The van der Waals surface area contributed by atoms with E-state index >= 15 is 0 Å². The Morgan fingerprint density at radius 1 is 0.655 bits per heavy atom. The molecule has 3 aromatic carbocycles. The quantitative estimate of drug-likeness (QED) is 0.299. The molecule has 0 spiro atoms. The normalized spacial score (nSPS) is 11.1. The number of benzene rings is 3. The molecule has 5 heteroatoms. The van der Waals surface area contributed by atoms with Crippen LogP contribution in [0.25, 0.3) is 0 Å². The Morgan fingerprint density at radius 2 is 1.03 bits per heavy atom. The second kappa shape index (κ2) is 10.0. The fraction of sp³-hybridized carbons (Fsp3) is 0.0833. The molecule has 0 amide bonds. The van der Waals surface area contributed by atoms with Crippen LogP contribution < -0.4 is 32.9 Å². The van der Waals surface area contributed by atoms with E-state index in [4.69, 9.17) is 0 Å². The lowest BCUT2D eigenvalue weighted by atomic mass is 10.4. The number of halogens is 3. The molecule has 0 aliphatic rings. The monoisotopic (exact) mass is 608 g/mol. The van der Waals surface area contributed by atoms with E-state index in [1.54, 1.807) is 0 Å². The van der Waals surface area contributed by atoms with Crippen LogP contribution in [0.3, 0.4) is 0 Å². The van der Waals surface area contributed by atoms with Crippen molar-refractivity contribution in [3.8, 4) is 0 Å². The molecule has 4 rings (SSSR count). The molecule has 0 nitrogen and oxygen atoms in total. The molecule has 1 heterocycles. The molecule has 4 aromatic rings. The van der Waals surface area contributed by atoms with Gasteiger partial charge in [0.25, 0.3) is 0 Å². The van der Waals surface area contributed by atoms with Crippen molar-refractivity contribution in [3.05, 3.63) is 110 Å². The first-order valence-electron chi connectivity index (χ1n) is 9.11. The van der Waals surface area contributed by atoms with Gasteiger partial charge in [-0.25, -0.2) is 0 Å². The molecule has 0 saturated heterocycles. The molecule has 148 valence electrons. The first kappa shape index (κ1) is 22.9. The van der Waals surface area contributed by atoms with Gasteiger partial charge in [-0.15, -0.1) is 11.3 Å². The van der Waals surface area contributed by atoms with Gasteiger partial charge < -0.3 is 17.0 Å². The summed E-state index contributed by atoms with van der Waals surface area (Å²) in [6.07, 6.45) is 1.00. The van der Waals surface area contributed by atoms with Crippen LogP contribution in [0.15, 0.2) is 99.9 Å². The van der Waals surface area contributed by atoms with Gasteiger partial charge in [0.05, 0.1) is 4.88 Å². The summed E-state index contributed by atoms with van der Waals surface area (Å²) in [7, 11) is -1.85. The van der Waals surface area contributed by atoms with Gasteiger partial charge in [-0.05, 0) is 75.2 Å². The first-order chi connectivity index (χ1) is 13.6. The second-order valence-electron chi connectivity index (χ2n) is 6.68. The third-order valence-electron chi connectivity index (χ3n) is 4.99. The standard InChI is InChI=1S/C24H20Br2PS.BrH/c1-18-23(25)24(26)22(28-18)17-27(19-11-5-2-6-12-19,20-13-7-3-8-14-20)21-15-9-4-10-16-21;/h2-16H,17H2,1H3;1H/q+1;/p-1. The maximum absolute atomic E-state index is 3.85. The molecule has 0 N–H and O–H groups in total. The van der Waals surface area contributed by atoms with E-state index in [0.29, 0.717) is 0 Å². The molecule has 0 saturated carbocycles. The Morgan fingerprint density at radius 3 is 1.34 bits per heavy atom. The summed E-state index contributed by atoms with van der Waals surface area (Å²) in [4.78, 5) is 2.71. The third kappa shape index (κ3) is 4.48. The van der Waals surface area contributed by atoms with Gasteiger partial charge in [-0.2, -0.15) is 0 Å². The first-order valence-corrected chi connectivity index (χ1v) is 13.5.